The smallest absolute Gasteiger partial charge is 0.130 e. The number of rotatable bonds is 3. The highest BCUT2D eigenvalue weighted by Crippen LogP contribution is 2.26. The minimum atomic E-state index is -0.444. The van der Waals surface area contributed by atoms with Crippen LogP contribution in [-0.4, -0.2) is 5.11 Å². The Labute approximate surface area is 108 Å². The number of aliphatic hydroxyl groups excluding tert-OH is 1. The van der Waals surface area contributed by atoms with Crippen LogP contribution in [-0.2, 0) is 0 Å². The van der Waals surface area contributed by atoms with Gasteiger partial charge in [0.05, 0.1) is 6.10 Å². The van der Waals surface area contributed by atoms with Crippen LogP contribution in [0.5, 0.6) is 11.5 Å². The molecule has 0 amide bonds. The van der Waals surface area contributed by atoms with E-state index in [1.54, 1.807) is 6.92 Å². The number of aliphatic hydroxyl groups is 1. The predicted octanol–water partition coefficient (Wildman–Crippen LogP) is 4.15. The molecule has 2 aromatic rings. The molecule has 2 rings (SSSR count). The Bertz CT molecular complexity index is 527. The van der Waals surface area contributed by atoms with Crippen molar-refractivity contribution in [1.82, 2.24) is 0 Å². The maximum absolute atomic E-state index is 9.44. The molecule has 0 spiro atoms. The lowest BCUT2D eigenvalue weighted by atomic mass is 10.1. The number of benzene rings is 2. The van der Waals surface area contributed by atoms with E-state index in [2.05, 4.69) is 13.0 Å². The van der Waals surface area contributed by atoms with Crippen LogP contribution in [0.25, 0.3) is 0 Å². The van der Waals surface area contributed by atoms with Crippen LogP contribution >= 0.6 is 0 Å². The van der Waals surface area contributed by atoms with E-state index in [-0.39, 0.29) is 0 Å². The van der Waals surface area contributed by atoms with Gasteiger partial charge < -0.3 is 9.84 Å². The van der Waals surface area contributed by atoms with E-state index < -0.39 is 6.10 Å². The Hall–Kier alpha value is -1.80. The molecule has 0 aliphatic carbocycles. The Morgan fingerprint density at radius 3 is 2.22 bits per heavy atom. The van der Waals surface area contributed by atoms with Gasteiger partial charge in [0, 0.05) is 0 Å². The van der Waals surface area contributed by atoms with Crippen LogP contribution in [0.2, 0.25) is 0 Å². The summed E-state index contributed by atoms with van der Waals surface area (Å²) >= 11 is 0. The SMILES string of the molecule is Cc1ccc(Oc2ccc([C@@H](C)O)cc2)c(C)c1. The molecule has 0 saturated heterocycles. The van der Waals surface area contributed by atoms with Gasteiger partial charge in [0.25, 0.3) is 0 Å². The lowest BCUT2D eigenvalue weighted by molar-refractivity contribution is 0.199. The highest BCUT2D eigenvalue weighted by atomic mass is 16.5. The summed E-state index contributed by atoms with van der Waals surface area (Å²) in [7, 11) is 0. The summed E-state index contributed by atoms with van der Waals surface area (Å²) in [6.45, 7) is 5.85. The molecule has 0 saturated carbocycles. The maximum atomic E-state index is 9.44. The van der Waals surface area contributed by atoms with Crippen LogP contribution in [0.4, 0.5) is 0 Å². The zero-order valence-corrected chi connectivity index (χ0v) is 11.0. The third-order valence-electron chi connectivity index (χ3n) is 2.92. The Morgan fingerprint density at radius 1 is 1.00 bits per heavy atom. The van der Waals surface area contributed by atoms with Gasteiger partial charge in [0.15, 0.2) is 0 Å². The Kier molecular flexibility index (Phi) is 3.68. The highest BCUT2D eigenvalue weighted by molar-refractivity contribution is 5.40. The van der Waals surface area contributed by atoms with Crippen LogP contribution in [0.15, 0.2) is 42.5 Å². The first-order valence-electron chi connectivity index (χ1n) is 6.09. The first-order valence-corrected chi connectivity index (χ1v) is 6.09. The summed E-state index contributed by atoms with van der Waals surface area (Å²) in [6, 6.07) is 13.6. The molecule has 1 atom stereocenters. The van der Waals surface area contributed by atoms with E-state index in [1.165, 1.54) is 5.56 Å². The summed E-state index contributed by atoms with van der Waals surface area (Å²) in [5, 5.41) is 9.44. The molecule has 1 N–H and O–H groups in total. The standard InChI is InChI=1S/C16H18O2/c1-11-4-9-16(12(2)10-11)18-15-7-5-14(6-8-15)13(3)17/h4-10,13,17H,1-3H3/t13-/m1/s1. The van der Waals surface area contributed by atoms with Gasteiger partial charge in [-0.05, 0) is 50.1 Å². The number of hydrogen-bond acceptors (Lipinski definition) is 2. The second-order valence-electron chi connectivity index (χ2n) is 4.62. The number of ether oxygens (including phenoxy) is 1. The predicted molar refractivity (Wildman–Crippen MR) is 73.1 cm³/mol. The summed E-state index contributed by atoms with van der Waals surface area (Å²) in [6.07, 6.45) is -0.444. The van der Waals surface area contributed by atoms with Crippen molar-refractivity contribution >= 4 is 0 Å². The van der Waals surface area contributed by atoms with Crippen molar-refractivity contribution in [1.29, 1.82) is 0 Å². The van der Waals surface area contributed by atoms with Gasteiger partial charge in [0.1, 0.15) is 11.5 Å². The Morgan fingerprint density at radius 2 is 1.67 bits per heavy atom. The number of hydrogen-bond donors (Lipinski definition) is 1. The molecule has 18 heavy (non-hydrogen) atoms. The summed E-state index contributed by atoms with van der Waals surface area (Å²) in [4.78, 5) is 0. The van der Waals surface area contributed by atoms with Gasteiger partial charge in [-0.3, -0.25) is 0 Å². The van der Waals surface area contributed by atoms with E-state index in [4.69, 9.17) is 4.74 Å². The fourth-order valence-corrected chi connectivity index (χ4v) is 1.86. The lowest BCUT2D eigenvalue weighted by Gasteiger charge is -2.10. The molecular weight excluding hydrogens is 224 g/mol. The van der Waals surface area contributed by atoms with Crippen molar-refractivity contribution in [3.05, 3.63) is 59.2 Å². The van der Waals surface area contributed by atoms with E-state index in [0.29, 0.717) is 0 Å². The first-order chi connectivity index (χ1) is 8.56. The van der Waals surface area contributed by atoms with Gasteiger partial charge in [-0.1, -0.05) is 29.8 Å². The average molecular weight is 242 g/mol. The average Bonchev–Trinajstić information content (AvgIpc) is 2.33. The summed E-state index contributed by atoms with van der Waals surface area (Å²) in [5.41, 5.74) is 3.24. The molecule has 2 heteroatoms. The molecule has 0 radical (unpaired) electrons. The van der Waals surface area contributed by atoms with E-state index in [1.807, 2.05) is 43.3 Å². The summed E-state index contributed by atoms with van der Waals surface area (Å²) in [5.74, 6) is 1.65. The van der Waals surface area contributed by atoms with Crippen LogP contribution in [0.3, 0.4) is 0 Å². The van der Waals surface area contributed by atoms with Crippen molar-refractivity contribution < 1.29 is 9.84 Å². The molecule has 0 aliphatic heterocycles. The van der Waals surface area contributed by atoms with E-state index in [9.17, 15) is 5.11 Å². The van der Waals surface area contributed by atoms with Gasteiger partial charge in [-0.25, -0.2) is 0 Å². The van der Waals surface area contributed by atoms with Crippen LogP contribution in [0, 0.1) is 13.8 Å². The van der Waals surface area contributed by atoms with Gasteiger partial charge in [-0.15, -0.1) is 0 Å². The summed E-state index contributed by atoms with van der Waals surface area (Å²) < 4.78 is 5.82. The van der Waals surface area contributed by atoms with E-state index >= 15 is 0 Å². The third kappa shape index (κ3) is 2.90. The topological polar surface area (TPSA) is 29.5 Å². The molecule has 2 nitrogen and oxygen atoms in total. The molecule has 2 aromatic carbocycles. The van der Waals surface area contributed by atoms with Gasteiger partial charge >= 0.3 is 0 Å². The van der Waals surface area contributed by atoms with Crippen LogP contribution in [0.1, 0.15) is 29.7 Å². The van der Waals surface area contributed by atoms with Crippen molar-refractivity contribution in [2.45, 2.75) is 26.9 Å². The highest BCUT2D eigenvalue weighted by Gasteiger charge is 2.03. The van der Waals surface area contributed by atoms with Crippen LogP contribution < -0.4 is 4.74 Å². The zero-order valence-electron chi connectivity index (χ0n) is 11.0. The largest absolute Gasteiger partial charge is 0.457 e. The quantitative estimate of drug-likeness (QED) is 0.876. The maximum Gasteiger partial charge on any atom is 0.130 e. The zero-order chi connectivity index (χ0) is 13.1. The van der Waals surface area contributed by atoms with Gasteiger partial charge in [-0.2, -0.15) is 0 Å². The molecule has 0 unspecified atom stereocenters. The first kappa shape index (κ1) is 12.7. The van der Waals surface area contributed by atoms with Crippen molar-refractivity contribution in [2.75, 3.05) is 0 Å². The second kappa shape index (κ2) is 5.23. The van der Waals surface area contributed by atoms with Crippen molar-refractivity contribution in [2.24, 2.45) is 0 Å². The van der Waals surface area contributed by atoms with E-state index in [0.717, 1.165) is 22.6 Å². The lowest BCUT2D eigenvalue weighted by Crippen LogP contribution is -1.92. The normalized spacial score (nSPS) is 12.2. The minimum absolute atomic E-state index is 0.444. The molecule has 0 aliphatic rings. The minimum Gasteiger partial charge on any atom is -0.457 e. The van der Waals surface area contributed by atoms with Crippen molar-refractivity contribution in [3.63, 3.8) is 0 Å². The molecule has 94 valence electrons. The fraction of sp³-hybridized carbons (Fsp3) is 0.250. The number of aryl methyl sites for hydroxylation is 2. The van der Waals surface area contributed by atoms with Gasteiger partial charge in [0.2, 0.25) is 0 Å². The molecule has 0 fully saturated rings. The molecular formula is C16H18O2. The third-order valence-corrected chi connectivity index (χ3v) is 2.92. The molecule has 0 bridgehead atoms. The molecule has 0 aromatic heterocycles. The monoisotopic (exact) mass is 242 g/mol. The second-order valence-corrected chi connectivity index (χ2v) is 4.62. The Balaban J connectivity index is 2.18. The fourth-order valence-electron chi connectivity index (χ4n) is 1.86. The van der Waals surface area contributed by atoms with Crippen molar-refractivity contribution in [3.8, 4) is 11.5 Å². The molecule has 0 heterocycles.